The molecule has 2 unspecified atom stereocenters. The van der Waals surface area contributed by atoms with E-state index >= 15 is 0 Å². The van der Waals surface area contributed by atoms with E-state index in [0.717, 1.165) is 50.3 Å². The summed E-state index contributed by atoms with van der Waals surface area (Å²) < 4.78 is 20.5. The summed E-state index contributed by atoms with van der Waals surface area (Å²) in [6.45, 7) is 5.44. The predicted molar refractivity (Wildman–Crippen MR) is 126 cm³/mol. The number of piperidine rings is 1. The molecule has 0 aromatic heterocycles. The van der Waals surface area contributed by atoms with E-state index in [2.05, 4.69) is 21.8 Å². The first-order valence-corrected chi connectivity index (χ1v) is 12.5. The third kappa shape index (κ3) is 5.34. The van der Waals surface area contributed by atoms with Gasteiger partial charge in [0.1, 0.15) is 17.1 Å². The van der Waals surface area contributed by atoms with Crippen molar-refractivity contribution >= 4 is 28.3 Å². The molecule has 2 aromatic carbocycles. The zero-order valence-corrected chi connectivity index (χ0v) is 19.1. The number of anilines is 2. The average Bonchev–Trinajstić information content (AvgIpc) is 2.77. The number of nitrogens with one attached hydrogen (secondary N) is 1. The highest BCUT2D eigenvalue weighted by Crippen LogP contribution is 2.35. The normalized spacial score (nSPS) is 22.5. The largest absolute Gasteiger partial charge is 0.360 e. The Balaban J connectivity index is 1.32. The SMILES string of the molecule is CC1OC2(CCN(CCc3ccc(NS(C)=O)cc3)CC2)CN(c2ccccc2)C1=O. The number of morpholine rings is 1. The van der Waals surface area contributed by atoms with Gasteiger partial charge >= 0.3 is 0 Å². The van der Waals surface area contributed by atoms with Crippen molar-refractivity contribution in [3.8, 4) is 0 Å². The Morgan fingerprint density at radius 2 is 1.77 bits per heavy atom. The van der Waals surface area contributed by atoms with Crippen LogP contribution in [0.25, 0.3) is 0 Å². The lowest BCUT2D eigenvalue weighted by Crippen LogP contribution is -2.61. The molecule has 2 fully saturated rings. The van der Waals surface area contributed by atoms with Crippen LogP contribution in [-0.2, 0) is 26.9 Å². The van der Waals surface area contributed by atoms with E-state index < -0.39 is 17.1 Å². The van der Waals surface area contributed by atoms with Crippen LogP contribution in [0, 0.1) is 0 Å². The number of benzene rings is 2. The molecule has 2 heterocycles. The van der Waals surface area contributed by atoms with Crippen LogP contribution in [0.3, 0.4) is 0 Å². The van der Waals surface area contributed by atoms with E-state index in [9.17, 15) is 9.00 Å². The summed E-state index contributed by atoms with van der Waals surface area (Å²) in [4.78, 5) is 17.1. The summed E-state index contributed by atoms with van der Waals surface area (Å²) in [6.07, 6.45) is 4.06. The van der Waals surface area contributed by atoms with Gasteiger partial charge in [-0.05, 0) is 56.0 Å². The monoisotopic (exact) mass is 441 g/mol. The van der Waals surface area contributed by atoms with Gasteiger partial charge in [-0.2, -0.15) is 0 Å². The van der Waals surface area contributed by atoms with Gasteiger partial charge in [0, 0.05) is 37.3 Å². The Labute approximate surface area is 187 Å². The number of ether oxygens (including phenoxy) is 1. The molecule has 4 rings (SSSR count). The molecule has 2 aliphatic heterocycles. The summed E-state index contributed by atoms with van der Waals surface area (Å²) in [5, 5.41) is 0. The van der Waals surface area contributed by atoms with E-state index in [4.69, 9.17) is 4.74 Å². The first-order valence-electron chi connectivity index (χ1n) is 10.9. The summed E-state index contributed by atoms with van der Waals surface area (Å²) in [5.41, 5.74) is 2.85. The number of likely N-dealkylation sites (tertiary alicyclic amines) is 1. The molecule has 2 aliphatic rings. The Morgan fingerprint density at radius 3 is 2.42 bits per heavy atom. The average molecular weight is 442 g/mol. The Bertz CT molecular complexity index is 911. The number of carbonyl (C=O) groups excluding carboxylic acids is 1. The molecule has 2 saturated heterocycles. The maximum absolute atomic E-state index is 12.7. The first-order chi connectivity index (χ1) is 14.9. The second-order valence-electron chi connectivity index (χ2n) is 8.55. The zero-order valence-electron chi connectivity index (χ0n) is 18.3. The van der Waals surface area contributed by atoms with Crippen LogP contribution >= 0.6 is 0 Å². The van der Waals surface area contributed by atoms with Gasteiger partial charge in [-0.1, -0.05) is 30.3 Å². The van der Waals surface area contributed by atoms with Gasteiger partial charge < -0.3 is 19.3 Å². The van der Waals surface area contributed by atoms with Crippen molar-refractivity contribution in [2.75, 3.05) is 42.1 Å². The van der Waals surface area contributed by atoms with Crippen molar-refractivity contribution in [3.63, 3.8) is 0 Å². The van der Waals surface area contributed by atoms with Crippen LogP contribution in [0.1, 0.15) is 25.3 Å². The summed E-state index contributed by atoms with van der Waals surface area (Å²) >= 11 is 0. The first kappa shape index (κ1) is 22.0. The number of amides is 1. The van der Waals surface area contributed by atoms with E-state index in [-0.39, 0.29) is 11.5 Å². The molecule has 0 saturated carbocycles. The highest BCUT2D eigenvalue weighted by molar-refractivity contribution is 7.85. The van der Waals surface area contributed by atoms with Gasteiger partial charge in [-0.15, -0.1) is 0 Å². The topological polar surface area (TPSA) is 61.9 Å². The predicted octanol–water partition coefficient (Wildman–Crippen LogP) is 3.22. The molecule has 0 aliphatic carbocycles. The van der Waals surface area contributed by atoms with Gasteiger partial charge in [-0.3, -0.25) is 4.79 Å². The fraction of sp³-hybridized carbons (Fsp3) is 0.458. The molecule has 0 bridgehead atoms. The molecule has 1 N–H and O–H groups in total. The molecule has 2 atom stereocenters. The number of para-hydroxylation sites is 1. The minimum absolute atomic E-state index is 0.0455. The van der Waals surface area contributed by atoms with Crippen LogP contribution < -0.4 is 9.62 Å². The number of hydrogen-bond donors (Lipinski definition) is 1. The van der Waals surface area contributed by atoms with Crippen LogP contribution in [0.4, 0.5) is 11.4 Å². The van der Waals surface area contributed by atoms with E-state index in [1.54, 1.807) is 6.26 Å². The van der Waals surface area contributed by atoms with Crippen molar-refractivity contribution in [3.05, 3.63) is 60.2 Å². The number of nitrogens with zero attached hydrogens (tertiary/aromatic N) is 2. The lowest BCUT2D eigenvalue weighted by atomic mass is 9.88. The van der Waals surface area contributed by atoms with Gasteiger partial charge in [0.05, 0.1) is 12.1 Å². The van der Waals surface area contributed by atoms with Crippen LogP contribution in [0.15, 0.2) is 54.6 Å². The number of carbonyl (C=O) groups is 1. The molecule has 166 valence electrons. The molecular weight excluding hydrogens is 410 g/mol. The van der Waals surface area contributed by atoms with Crippen LogP contribution in [0.2, 0.25) is 0 Å². The van der Waals surface area contributed by atoms with Crippen molar-refractivity contribution in [1.82, 2.24) is 4.90 Å². The second-order valence-corrected chi connectivity index (χ2v) is 9.66. The van der Waals surface area contributed by atoms with Crippen LogP contribution in [0.5, 0.6) is 0 Å². The van der Waals surface area contributed by atoms with Gasteiger partial charge in [-0.25, -0.2) is 4.21 Å². The standard InChI is InChI=1S/C24H31N3O3S/c1-19-23(28)27(22-6-4-3-5-7-22)18-24(30-19)13-16-26(17-14-24)15-12-20-8-10-21(11-9-20)25-31(2)29/h3-11,19,25H,12-18H2,1-2H3. The van der Waals surface area contributed by atoms with E-state index in [1.807, 2.05) is 54.3 Å². The highest BCUT2D eigenvalue weighted by atomic mass is 32.2. The molecule has 0 radical (unpaired) electrons. The lowest BCUT2D eigenvalue weighted by molar-refractivity contribution is -0.161. The van der Waals surface area contributed by atoms with Crippen molar-refractivity contribution in [2.45, 2.75) is 37.9 Å². The third-order valence-electron chi connectivity index (χ3n) is 6.25. The molecule has 1 spiro atoms. The molecule has 7 heteroatoms. The summed E-state index contributed by atoms with van der Waals surface area (Å²) in [5.74, 6) is 0.0455. The fourth-order valence-electron chi connectivity index (χ4n) is 4.53. The van der Waals surface area contributed by atoms with Gasteiger partial charge in [0.15, 0.2) is 0 Å². The summed E-state index contributed by atoms with van der Waals surface area (Å²) in [7, 11) is -1.05. The van der Waals surface area contributed by atoms with Crippen LogP contribution in [-0.4, -0.2) is 59.2 Å². The van der Waals surface area contributed by atoms with Gasteiger partial charge in [0.25, 0.3) is 5.91 Å². The Morgan fingerprint density at radius 1 is 1.10 bits per heavy atom. The number of rotatable bonds is 6. The minimum atomic E-state index is -1.05. The quantitative estimate of drug-likeness (QED) is 0.748. The summed E-state index contributed by atoms with van der Waals surface area (Å²) in [6, 6.07) is 18.1. The molecule has 1 amide bonds. The van der Waals surface area contributed by atoms with Crippen molar-refractivity contribution in [1.29, 1.82) is 0 Å². The number of hydrogen-bond acceptors (Lipinski definition) is 4. The maximum atomic E-state index is 12.7. The van der Waals surface area contributed by atoms with Crippen molar-refractivity contribution in [2.24, 2.45) is 0 Å². The molecular formula is C24H31N3O3S. The highest BCUT2D eigenvalue weighted by Gasteiger charge is 2.45. The van der Waals surface area contributed by atoms with Gasteiger partial charge in [0.2, 0.25) is 0 Å². The van der Waals surface area contributed by atoms with E-state index in [1.165, 1.54) is 5.56 Å². The Hall–Kier alpha value is -2.22. The maximum Gasteiger partial charge on any atom is 0.255 e. The smallest absolute Gasteiger partial charge is 0.255 e. The molecule has 31 heavy (non-hydrogen) atoms. The molecule has 6 nitrogen and oxygen atoms in total. The second kappa shape index (κ2) is 9.51. The van der Waals surface area contributed by atoms with Crippen molar-refractivity contribution < 1.29 is 13.7 Å². The minimum Gasteiger partial charge on any atom is -0.360 e. The molecule has 2 aromatic rings. The Kier molecular flexibility index (Phi) is 6.74. The lowest BCUT2D eigenvalue weighted by Gasteiger charge is -2.49. The zero-order chi connectivity index (χ0) is 21.8. The fourth-order valence-corrected chi connectivity index (χ4v) is 5.00. The third-order valence-corrected chi connectivity index (χ3v) is 6.78. The van der Waals surface area contributed by atoms with E-state index in [0.29, 0.717) is 6.54 Å².